The third kappa shape index (κ3) is 4.00. The summed E-state index contributed by atoms with van der Waals surface area (Å²) in [5.74, 6) is 1.16. The number of hydrogen-bond donors (Lipinski definition) is 2. The van der Waals surface area contributed by atoms with Gasteiger partial charge in [0.05, 0.1) is 12.7 Å². The van der Waals surface area contributed by atoms with Gasteiger partial charge in [-0.25, -0.2) is 0 Å². The Morgan fingerprint density at radius 3 is 2.67 bits per heavy atom. The van der Waals surface area contributed by atoms with E-state index in [9.17, 15) is 5.11 Å². The van der Waals surface area contributed by atoms with Crippen LogP contribution in [0.15, 0.2) is 24.3 Å². The van der Waals surface area contributed by atoms with E-state index < -0.39 is 5.60 Å². The number of aliphatic hydroxyl groups is 1. The van der Waals surface area contributed by atoms with Gasteiger partial charge in [0.1, 0.15) is 5.75 Å². The zero-order chi connectivity index (χ0) is 13.6. The smallest absolute Gasteiger partial charge is 0.123 e. The Kier molecular flexibility index (Phi) is 5.63. The standard InChI is InChI=1S/C15H25NO2/c1-5-12(2)15(3,17)11-16-10-13-8-6-7-9-14(13)18-4/h6-9,12,16-17H,5,10-11H2,1-4H3. The van der Waals surface area contributed by atoms with Crippen LogP contribution in [-0.4, -0.2) is 24.4 Å². The normalized spacial score (nSPS) is 16.1. The number of rotatable bonds is 7. The summed E-state index contributed by atoms with van der Waals surface area (Å²) in [5, 5.41) is 13.6. The van der Waals surface area contributed by atoms with Gasteiger partial charge in [0, 0.05) is 18.7 Å². The van der Waals surface area contributed by atoms with E-state index in [1.165, 1.54) is 0 Å². The van der Waals surface area contributed by atoms with Crippen molar-refractivity contribution in [2.75, 3.05) is 13.7 Å². The van der Waals surface area contributed by atoms with Crippen molar-refractivity contribution >= 4 is 0 Å². The maximum Gasteiger partial charge on any atom is 0.123 e. The van der Waals surface area contributed by atoms with Gasteiger partial charge in [-0.2, -0.15) is 0 Å². The lowest BCUT2D eigenvalue weighted by Crippen LogP contribution is -2.42. The highest BCUT2D eigenvalue weighted by molar-refractivity contribution is 5.32. The highest BCUT2D eigenvalue weighted by atomic mass is 16.5. The molecule has 0 saturated carbocycles. The monoisotopic (exact) mass is 251 g/mol. The Bertz CT molecular complexity index is 363. The van der Waals surface area contributed by atoms with Crippen LogP contribution in [-0.2, 0) is 6.54 Å². The molecular weight excluding hydrogens is 226 g/mol. The molecule has 2 N–H and O–H groups in total. The summed E-state index contributed by atoms with van der Waals surface area (Å²) in [6, 6.07) is 7.93. The molecule has 0 aromatic heterocycles. The molecule has 1 rings (SSSR count). The molecule has 2 atom stereocenters. The van der Waals surface area contributed by atoms with Crippen LogP contribution in [0.4, 0.5) is 0 Å². The Balaban J connectivity index is 2.51. The highest BCUT2D eigenvalue weighted by Gasteiger charge is 2.26. The number of nitrogens with one attached hydrogen (secondary N) is 1. The Morgan fingerprint density at radius 1 is 1.39 bits per heavy atom. The summed E-state index contributed by atoms with van der Waals surface area (Å²) in [6.07, 6.45) is 0.976. The zero-order valence-electron chi connectivity index (χ0n) is 11.9. The van der Waals surface area contributed by atoms with E-state index in [1.54, 1.807) is 7.11 Å². The molecule has 0 aliphatic carbocycles. The summed E-state index contributed by atoms with van der Waals surface area (Å²) in [5.41, 5.74) is 0.441. The molecule has 0 radical (unpaired) electrons. The van der Waals surface area contributed by atoms with Crippen molar-refractivity contribution in [1.82, 2.24) is 5.32 Å². The fraction of sp³-hybridized carbons (Fsp3) is 0.600. The van der Waals surface area contributed by atoms with Crippen molar-refractivity contribution in [2.24, 2.45) is 5.92 Å². The molecule has 0 spiro atoms. The van der Waals surface area contributed by atoms with Crippen molar-refractivity contribution in [3.8, 4) is 5.75 Å². The van der Waals surface area contributed by atoms with Crippen molar-refractivity contribution in [3.63, 3.8) is 0 Å². The molecule has 0 bridgehead atoms. The first kappa shape index (κ1) is 15.0. The second-order valence-electron chi connectivity index (χ2n) is 5.08. The minimum absolute atomic E-state index is 0.280. The van der Waals surface area contributed by atoms with Gasteiger partial charge in [-0.3, -0.25) is 0 Å². The van der Waals surface area contributed by atoms with Gasteiger partial charge in [0.15, 0.2) is 0 Å². The molecular formula is C15H25NO2. The molecule has 2 unspecified atom stereocenters. The van der Waals surface area contributed by atoms with Crippen LogP contribution in [0.2, 0.25) is 0 Å². The van der Waals surface area contributed by atoms with Gasteiger partial charge < -0.3 is 15.2 Å². The lowest BCUT2D eigenvalue weighted by Gasteiger charge is -2.30. The molecule has 0 fully saturated rings. The van der Waals surface area contributed by atoms with E-state index in [0.717, 1.165) is 17.7 Å². The molecule has 1 aromatic carbocycles. The highest BCUT2D eigenvalue weighted by Crippen LogP contribution is 2.20. The van der Waals surface area contributed by atoms with E-state index in [0.29, 0.717) is 13.1 Å². The summed E-state index contributed by atoms with van der Waals surface area (Å²) in [6.45, 7) is 7.34. The Hall–Kier alpha value is -1.06. The van der Waals surface area contributed by atoms with Gasteiger partial charge in [-0.15, -0.1) is 0 Å². The second kappa shape index (κ2) is 6.76. The van der Waals surface area contributed by atoms with Gasteiger partial charge in [-0.05, 0) is 18.9 Å². The van der Waals surface area contributed by atoms with Gasteiger partial charge in [-0.1, -0.05) is 38.5 Å². The van der Waals surface area contributed by atoms with E-state index in [1.807, 2.05) is 31.2 Å². The molecule has 0 aliphatic rings. The Labute approximate surface area is 110 Å². The van der Waals surface area contributed by atoms with E-state index in [-0.39, 0.29) is 5.92 Å². The maximum absolute atomic E-state index is 10.3. The number of para-hydroxylation sites is 1. The predicted octanol–water partition coefficient (Wildman–Crippen LogP) is 2.58. The Morgan fingerprint density at radius 2 is 2.06 bits per heavy atom. The quantitative estimate of drug-likeness (QED) is 0.782. The first-order valence-corrected chi connectivity index (χ1v) is 6.56. The zero-order valence-corrected chi connectivity index (χ0v) is 11.9. The first-order chi connectivity index (χ1) is 8.51. The average Bonchev–Trinajstić information content (AvgIpc) is 2.38. The minimum Gasteiger partial charge on any atom is -0.496 e. The summed E-state index contributed by atoms with van der Waals surface area (Å²) >= 11 is 0. The minimum atomic E-state index is -0.670. The SMILES string of the molecule is CCC(C)C(C)(O)CNCc1ccccc1OC. The average molecular weight is 251 g/mol. The molecule has 0 aliphatic heterocycles. The third-order valence-corrected chi connectivity index (χ3v) is 3.66. The van der Waals surface area contributed by atoms with Gasteiger partial charge >= 0.3 is 0 Å². The molecule has 3 heteroatoms. The second-order valence-corrected chi connectivity index (χ2v) is 5.08. The van der Waals surface area contributed by atoms with Crippen LogP contribution in [0.5, 0.6) is 5.75 Å². The fourth-order valence-electron chi connectivity index (χ4n) is 1.91. The molecule has 0 saturated heterocycles. The number of ether oxygens (including phenoxy) is 1. The number of hydrogen-bond acceptors (Lipinski definition) is 3. The predicted molar refractivity (Wildman–Crippen MR) is 74.8 cm³/mol. The lowest BCUT2D eigenvalue weighted by atomic mass is 9.88. The third-order valence-electron chi connectivity index (χ3n) is 3.66. The van der Waals surface area contributed by atoms with Crippen molar-refractivity contribution in [2.45, 2.75) is 39.3 Å². The van der Waals surface area contributed by atoms with Crippen LogP contribution in [0.1, 0.15) is 32.8 Å². The van der Waals surface area contributed by atoms with E-state index in [2.05, 4.69) is 19.2 Å². The van der Waals surface area contributed by atoms with E-state index in [4.69, 9.17) is 4.74 Å². The lowest BCUT2D eigenvalue weighted by molar-refractivity contribution is 0.00531. The molecule has 0 amide bonds. The van der Waals surface area contributed by atoms with Crippen LogP contribution >= 0.6 is 0 Å². The molecule has 102 valence electrons. The summed E-state index contributed by atoms with van der Waals surface area (Å²) in [7, 11) is 1.67. The molecule has 18 heavy (non-hydrogen) atoms. The van der Waals surface area contributed by atoms with E-state index >= 15 is 0 Å². The number of benzene rings is 1. The topological polar surface area (TPSA) is 41.5 Å². The van der Waals surface area contributed by atoms with Crippen LogP contribution in [0, 0.1) is 5.92 Å². The molecule has 0 heterocycles. The van der Waals surface area contributed by atoms with Crippen LogP contribution < -0.4 is 10.1 Å². The van der Waals surface area contributed by atoms with Gasteiger partial charge in [0.2, 0.25) is 0 Å². The maximum atomic E-state index is 10.3. The molecule has 1 aromatic rings. The molecule has 3 nitrogen and oxygen atoms in total. The number of methoxy groups -OCH3 is 1. The first-order valence-electron chi connectivity index (χ1n) is 6.56. The van der Waals surface area contributed by atoms with Gasteiger partial charge in [0.25, 0.3) is 0 Å². The van der Waals surface area contributed by atoms with Crippen molar-refractivity contribution < 1.29 is 9.84 Å². The summed E-state index contributed by atoms with van der Waals surface area (Å²) < 4.78 is 5.29. The largest absolute Gasteiger partial charge is 0.496 e. The fourth-order valence-corrected chi connectivity index (χ4v) is 1.91. The van der Waals surface area contributed by atoms with Crippen molar-refractivity contribution in [3.05, 3.63) is 29.8 Å². The summed E-state index contributed by atoms with van der Waals surface area (Å²) in [4.78, 5) is 0. The van der Waals surface area contributed by atoms with Crippen molar-refractivity contribution in [1.29, 1.82) is 0 Å². The van der Waals surface area contributed by atoms with Crippen LogP contribution in [0.25, 0.3) is 0 Å². The van der Waals surface area contributed by atoms with Crippen LogP contribution in [0.3, 0.4) is 0 Å².